The van der Waals surface area contributed by atoms with E-state index in [-0.39, 0.29) is 0 Å². The van der Waals surface area contributed by atoms with E-state index in [9.17, 15) is 0 Å². The molecule has 0 amide bonds. The predicted octanol–water partition coefficient (Wildman–Crippen LogP) is 2.00. The van der Waals surface area contributed by atoms with Gasteiger partial charge in [0.2, 0.25) is 0 Å². The monoisotopic (exact) mass is 200 g/mol. The van der Waals surface area contributed by atoms with E-state index in [4.69, 9.17) is 12.2 Å². The van der Waals surface area contributed by atoms with E-state index in [0.29, 0.717) is 0 Å². The number of nitrogens with one attached hydrogen (secondary N) is 1. The molecule has 0 atom stereocenters. The van der Waals surface area contributed by atoms with E-state index < -0.39 is 0 Å². The van der Waals surface area contributed by atoms with Crippen LogP contribution in [0.2, 0.25) is 0 Å². The van der Waals surface area contributed by atoms with Crippen LogP contribution in [-0.2, 0) is 0 Å². The fourth-order valence-corrected chi connectivity index (χ4v) is 1.95. The van der Waals surface area contributed by atoms with Crippen molar-refractivity contribution in [3.63, 3.8) is 0 Å². The van der Waals surface area contributed by atoms with Gasteiger partial charge in [0, 0.05) is 19.6 Å². The average Bonchev–Trinajstić information content (AvgIpc) is 2.03. The van der Waals surface area contributed by atoms with Crippen LogP contribution < -0.4 is 5.32 Å². The molecule has 0 spiro atoms. The molecule has 0 aromatic carbocycles. The van der Waals surface area contributed by atoms with Crippen LogP contribution in [0.3, 0.4) is 0 Å². The molecular formula is C10H20N2S. The molecule has 0 aliphatic heterocycles. The van der Waals surface area contributed by atoms with Gasteiger partial charge in [-0.05, 0) is 44.8 Å². The molecule has 0 aromatic rings. The van der Waals surface area contributed by atoms with Crippen LogP contribution >= 0.6 is 12.2 Å². The Labute approximate surface area is 86.7 Å². The fraction of sp³-hybridized carbons (Fsp3) is 0.900. The van der Waals surface area contributed by atoms with Crippen LogP contribution in [-0.4, -0.2) is 29.6 Å². The van der Waals surface area contributed by atoms with Gasteiger partial charge in [0.05, 0.1) is 0 Å². The van der Waals surface area contributed by atoms with Crippen molar-refractivity contribution in [3.8, 4) is 0 Å². The third kappa shape index (κ3) is 3.14. The molecule has 0 heterocycles. The maximum atomic E-state index is 5.28. The summed E-state index contributed by atoms with van der Waals surface area (Å²) >= 11 is 5.28. The molecule has 0 bridgehead atoms. The van der Waals surface area contributed by atoms with Crippen molar-refractivity contribution in [1.29, 1.82) is 0 Å². The lowest BCUT2D eigenvalue weighted by Crippen LogP contribution is -2.43. The number of nitrogens with zero attached hydrogens (tertiary/aromatic N) is 1. The second-order valence-corrected chi connectivity index (χ2v) is 4.06. The van der Waals surface area contributed by atoms with Crippen molar-refractivity contribution in [2.45, 2.75) is 33.1 Å². The average molecular weight is 200 g/mol. The van der Waals surface area contributed by atoms with E-state index in [1.165, 1.54) is 19.3 Å². The normalized spacial score (nSPS) is 16.5. The first kappa shape index (κ1) is 10.8. The zero-order valence-corrected chi connectivity index (χ0v) is 9.49. The molecule has 0 radical (unpaired) electrons. The largest absolute Gasteiger partial charge is 0.363 e. The zero-order chi connectivity index (χ0) is 9.68. The summed E-state index contributed by atoms with van der Waals surface area (Å²) in [7, 11) is 0. The highest BCUT2D eigenvalue weighted by Gasteiger charge is 2.20. The Morgan fingerprint density at radius 2 is 2.15 bits per heavy atom. The van der Waals surface area contributed by atoms with Crippen LogP contribution in [0, 0.1) is 5.92 Å². The lowest BCUT2D eigenvalue weighted by Gasteiger charge is -2.33. The minimum absolute atomic E-state index is 0.900. The van der Waals surface area contributed by atoms with Crippen LogP contribution in [0.15, 0.2) is 0 Å². The van der Waals surface area contributed by atoms with Gasteiger partial charge in [0.25, 0.3) is 0 Å². The maximum absolute atomic E-state index is 5.28. The van der Waals surface area contributed by atoms with Crippen molar-refractivity contribution in [3.05, 3.63) is 0 Å². The molecule has 1 aliphatic rings. The summed E-state index contributed by atoms with van der Waals surface area (Å²) in [6.45, 7) is 7.37. The standard InChI is InChI=1S/C10H20N2S/c1-3-11-10(13)12(4-2)8-9-6-5-7-9/h9H,3-8H2,1-2H3,(H,11,13). The molecule has 0 unspecified atom stereocenters. The Hall–Kier alpha value is -0.310. The first-order valence-electron chi connectivity index (χ1n) is 5.30. The molecule has 3 heteroatoms. The van der Waals surface area contributed by atoms with E-state index >= 15 is 0 Å². The molecule has 0 saturated heterocycles. The molecule has 1 saturated carbocycles. The van der Waals surface area contributed by atoms with Gasteiger partial charge in [-0.2, -0.15) is 0 Å². The number of hydrogen-bond acceptors (Lipinski definition) is 1. The molecule has 1 rings (SSSR count). The Morgan fingerprint density at radius 3 is 2.54 bits per heavy atom. The first-order valence-corrected chi connectivity index (χ1v) is 5.71. The maximum Gasteiger partial charge on any atom is 0.168 e. The number of thiocarbonyl (C=S) groups is 1. The van der Waals surface area contributed by atoms with Crippen molar-refractivity contribution >= 4 is 17.3 Å². The van der Waals surface area contributed by atoms with Gasteiger partial charge < -0.3 is 10.2 Å². The number of hydrogen-bond donors (Lipinski definition) is 1. The SMILES string of the molecule is CCNC(=S)N(CC)CC1CCC1. The molecule has 1 N–H and O–H groups in total. The highest BCUT2D eigenvalue weighted by molar-refractivity contribution is 7.80. The van der Waals surface area contributed by atoms with Crippen LogP contribution in [0.5, 0.6) is 0 Å². The Kier molecular flexibility index (Phi) is 4.50. The van der Waals surface area contributed by atoms with E-state index in [1.54, 1.807) is 0 Å². The zero-order valence-electron chi connectivity index (χ0n) is 8.68. The molecular weight excluding hydrogens is 180 g/mol. The summed E-state index contributed by atoms with van der Waals surface area (Å²) in [4.78, 5) is 2.28. The fourth-order valence-electron chi connectivity index (χ4n) is 1.61. The summed E-state index contributed by atoms with van der Waals surface area (Å²) in [5.74, 6) is 0.900. The van der Waals surface area contributed by atoms with E-state index in [1.807, 2.05) is 0 Å². The summed E-state index contributed by atoms with van der Waals surface area (Å²) in [6.07, 6.45) is 4.20. The van der Waals surface area contributed by atoms with Crippen LogP contribution in [0.4, 0.5) is 0 Å². The lowest BCUT2D eigenvalue weighted by atomic mass is 9.85. The second kappa shape index (κ2) is 5.43. The predicted molar refractivity (Wildman–Crippen MR) is 60.9 cm³/mol. The third-order valence-corrected chi connectivity index (χ3v) is 3.10. The molecule has 13 heavy (non-hydrogen) atoms. The highest BCUT2D eigenvalue weighted by Crippen LogP contribution is 2.26. The second-order valence-electron chi connectivity index (χ2n) is 3.67. The molecule has 2 nitrogen and oxygen atoms in total. The van der Waals surface area contributed by atoms with E-state index in [2.05, 4.69) is 24.1 Å². The van der Waals surface area contributed by atoms with Gasteiger partial charge in [0.1, 0.15) is 0 Å². The van der Waals surface area contributed by atoms with Gasteiger partial charge >= 0.3 is 0 Å². The minimum atomic E-state index is 0.900. The lowest BCUT2D eigenvalue weighted by molar-refractivity contribution is 0.243. The smallest absolute Gasteiger partial charge is 0.168 e. The molecule has 1 fully saturated rings. The van der Waals surface area contributed by atoms with E-state index in [0.717, 1.165) is 30.7 Å². The molecule has 0 aromatic heterocycles. The summed E-state index contributed by atoms with van der Waals surface area (Å²) < 4.78 is 0. The van der Waals surface area contributed by atoms with Gasteiger partial charge in [-0.25, -0.2) is 0 Å². The van der Waals surface area contributed by atoms with Gasteiger partial charge in [-0.3, -0.25) is 0 Å². The third-order valence-electron chi connectivity index (χ3n) is 2.70. The first-order chi connectivity index (χ1) is 6.27. The van der Waals surface area contributed by atoms with Crippen molar-refractivity contribution in [2.24, 2.45) is 5.92 Å². The van der Waals surface area contributed by atoms with Gasteiger partial charge in [-0.1, -0.05) is 6.42 Å². The van der Waals surface area contributed by atoms with Gasteiger partial charge in [0.15, 0.2) is 5.11 Å². The van der Waals surface area contributed by atoms with Crippen LogP contribution in [0.25, 0.3) is 0 Å². The Morgan fingerprint density at radius 1 is 1.46 bits per heavy atom. The Balaban J connectivity index is 2.27. The highest BCUT2D eigenvalue weighted by atomic mass is 32.1. The summed E-state index contributed by atoms with van der Waals surface area (Å²) in [5.41, 5.74) is 0. The molecule has 1 aliphatic carbocycles. The molecule has 76 valence electrons. The summed E-state index contributed by atoms with van der Waals surface area (Å²) in [6, 6.07) is 0. The van der Waals surface area contributed by atoms with Crippen molar-refractivity contribution < 1.29 is 0 Å². The van der Waals surface area contributed by atoms with Crippen molar-refractivity contribution in [1.82, 2.24) is 10.2 Å². The summed E-state index contributed by atoms with van der Waals surface area (Å²) in [5, 5.41) is 4.14. The van der Waals surface area contributed by atoms with Gasteiger partial charge in [-0.15, -0.1) is 0 Å². The Bertz CT molecular complexity index is 166. The number of rotatable bonds is 4. The topological polar surface area (TPSA) is 15.3 Å². The quantitative estimate of drug-likeness (QED) is 0.699. The minimum Gasteiger partial charge on any atom is -0.363 e. The van der Waals surface area contributed by atoms with Crippen molar-refractivity contribution in [2.75, 3.05) is 19.6 Å². The van der Waals surface area contributed by atoms with Crippen LogP contribution in [0.1, 0.15) is 33.1 Å².